The van der Waals surface area contributed by atoms with Gasteiger partial charge in [0.25, 0.3) is 5.91 Å². The van der Waals surface area contributed by atoms with Crippen molar-refractivity contribution in [3.05, 3.63) is 89.1 Å². The minimum Gasteiger partial charge on any atom is -0.497 e. The van der Waals surface area contributed by atoms with Crippen molar-refractivity contribution in [2.45, 2.75) is 0 Å². The highest BCUT2D eigenvalue weighted by Crippen LogP contribution is 2.23. The van der Waals surface area contributed by atoms with E-state index in [-0.39, 0.29) is 5.70 Å². The zero-order valence-electron chi connectivity index (χ0n) is 17.7. The third kappa shape index (κ3) is 5.22. The van der Waals surface area contributed by atoms with Crippen LogP contribution < -0.4 is 15.4 Å². The van der Waals surface area contributed by atoms with Crippen LogP contribution in [-0.4, -0.2) is 36.4 Å². The smallest absolute Gasteiger partial charge is 0.329 e. The lowest BCUT2D eigenvalue weighted by molar-refractivity contribution is -0.127. The van der Waals surface area contributed by atoms with E-state index in [9.17, 15) is 14.4 Å². The Morgan fingerprint density at radius 3 is 2.18 bits per heavy atom. The summed E-state index contributed by atoms with van der Waals surface area (Å²) in [4.78, 5) is 38.1. The fourth-order valence-corrected chi connectivity index (χ4v) is 3.44. The van der Waals surface area contributed by atoms with Crippen LogP contribution in [0.1, 0.15) is 5.56 Å². The molecule has 33 heavy (non-hydrogen) atoms. The van der Waals surface area contributed by atoms with Gasteiger partial charge >= 0.3 is 6.03 Å². The number of ether oxygens (including phenoxy) is 1. The predicted molar refractivity (Wildman–Crippen MR) is 127 cm³/mol. The lowest BCUT2D eigenvalue weighted by Gasteiger charge is -2.12. The van der Waals surface area contributed by atoms with E-state index >= 15 is 0 Å². The summed E-state index contributed by atoms with van der Waals surface area (Å²) in [6, 6.07) is 21.1. The van der Waals surface area contributed by atoms with Crippen LogP contribution in [0, 0.1) is 0 Å². The van der Waals surface area contributed by atoms with Crippen molar-refractivity contribution in [1.82, 2.24) is 10.2 Å². The molecular formula is C25H20ClN3O4. The van der Waals surface area contributed by atoms with Gasteiger partial charge in [-0.2, -0.15) is 0 Å². The van der Waals surface area contributed by atoms with E-state index in [0.29, 0.717) is 16.5 Å². The summed E-state index contributed by atoms with van der Waals surface area (Å²) in [6.07, 6.45) is 1.58. The van der Waals surface area contributed by atoms with E-state index < -0.39 is 24.4 Å². The minimum atomic E-state index is -0.645. The van der Waals surface area contributed by atoms with Crippen molar-refractivity contribution < 1.29 is 19.1 Å². The molecule has 0 atom stereocenters. The first-order chi connectivity index (χ1) is 15.9. The van der Waals surface area contributed by atoms with Gasteiger partial charge in [-0.05, 0) is 59.2 Å². The molecule has 3 aromatic rings. The molecule has 1 saturated heterocycles. The summed E-state index contributed by atoms with van der Waals surface area (Å²) in [5.41, 5.74) is 3.38. The van der Waals surface area contributed by atoms with Crippen molar-refractivity contribution in [2.75, 3.05) is 19.0 Å². The van der Waals surface area contributed by atoms with Crippen LogP contribution in [0.4, 0.5) is 10.5 Å². The maximum Gasteiger partial charge on any atom is 0.329 e. The summed E-state index contributed by atoms with van der Waals surface area (Å²) in [7, 11) is 1.55. The van der Waals surface area contributed by atoms with Crippen LogP contribution in [0.15, 0.2) is 78.5 Å². The number of anilines is 1. The van der Waals surface area contributed by atoms with E-state index in [2.05, 4.69) is 10.6 Å². The summed E-state index contributed by atoms with van der Waals surface area (Å²) >= 11 is 5.93. The number of imide groups is 1. The third-order valence-electron chi connectivity index (χ3n) is 5.04. The van der Waals surface area contributed by atoms with Crippen molar-refractivity contribution in [1.29, 1.82) is 0 Å². The maximum absolute atomic E-state index is 12.7. The molecule has 7 nitrogen and oxygen atoms in total. The summed E-state index contributed by atoms with van der Waals surface area (Å²) in [5.74, 6) is -0.401. The molecular weight excluding hydrogens is 442 g/mol. The van der Waals surface area contributed by atoms with Gasteiger partial charge in [0, 0.05) is 10.7 Å². The predicted octanol–water partition coefficient (Wildman–Crippen LogP) is 4.55. The molecule has 0 aromatic heterocycles. The number of nitrogens with one attached hydrogen (secondary N) is 2. The van der Waals surface area contributed by atoms with Crippen molar-refractivity contribution in [3.63, 3.8) is 0 Å². The summed E-state index contributed by atoms with van der Waals surface area (Å²) in [5, 5.41) is 5.85. The molecule has 0 unspecified atom stereocenters. The van der Waals surface area contributed by atoms with E-state index in [1.807, 2.05) is 48.5 Å². The molecule has 0 spiro atoms. The monoisotopic (exact) mass is 461 g/mol. The molecule has 0 saturated carbocycles. The van der Waals surface area contributed by atoms with Gasteiger partial charge in [0.15, 0.2) is 0 Å². The Balaban J connectivity index is 1.41. The first-order valence-electron chi connectivity index (χ1n) is 10.1. The molecule has 3 aromatic carbocycles. The van der Waals surface area contributed by atoms with E-state index in [4.69, 9.17) is 16.3 Å². The van der Waals surface area contributed by atoms with Gasteiger partial charge in [-0.15, -0.1) is 0 Å². The fraction of sp³-hybridized carbons (Fsp3) is 0.0800. The second-order valence-electron chi connectivity index (χ2n) is 7.29. The number of urea groups is 1. The molecule has 2 N–H and O–H groups in total. The van der Waals surface area contributed by atoms with Gasteiger partial charge in [-0.25, -0.2) is 9.69 Å². The van der Waals surface area contributed by atoms with Gasteiger partial charge in [-0.3, -0.25) is 9.59 Å². The Morgan fingerprint density at radius 2 is 1.58 bits per heavy atom. The fourth-order valence-electron chi connectivity index (χ4n) is 3.31. The van der Waals surface area contributed by atoms with Gasteiger partial charge in [-0.1, -0.05) is 48.0 Å². The Morgan fingerprint density at radius 1 is 0.970 bits per heavy atom. The van der Waals surface area contributed by atoms with Crippen LogP contribution in [-0.2, 0) is 9.59 Å². The number of halogens is 1. The SMILES string of the molecule is COc1ccc(NC(=O)CN2C(=O)NC(=Cc3ccc(-c4ccc(Cl)cc4)cc3)C2=O)cc1. The highest BCUT2D eigenvalue weighted by molar-refractivity contribution is 6.30. The topological polar surface area (TPSA) is 87.7 Å². The second kappa shape index (κ2) is 9.58. The molecule has 0 radical (unpaired) electrons. The second-order valence-corrected chi connectivity index (χ2v) is 7.72. The quantitative estimate of drug-likeness (QED) is 0.416. The molecule has 0 bridgehead atoms. The number of benzene rings is 3. The highest BCUT2D eigenvalue weighted by atomic mass is 35.5. The molecule has 0 aliphatic carbocycles. The Labute approximate surface area is 195 Å². The Bertz CT molecular complexity index is 1220. The van der Waals surface area contributed by atoms with Crippen LogP contribution in [0.5, 0.6) is 5.75 Å². The zero-order chi connectivity index (χ0) is 23.4. The molecule has 1 aliphatic rings. The van der Waals surface area contributed by atoms with Crippen molar-refractivity contribution in [3.8, 4) is 16.9 Å². The van der Waals surface area contributed by atoms with E-state index in [1.165, 1.54) is 0 Å². The molecule has 4 amide bonds. The summed E-state index contributed by atoms with van der Waals surface area (Å²) < 4.78 is 5.07. The van der Waals surface area contributed by atoms with Crippen LogP contribution >= 0.6 is 11.6 Å². The standard InChI is InChI=1S/C25H20ClN3O4/c1-33-21-12-10-20(11-13-21)27-23(30)15-29-24(31)22(28-25(29)32)14-16-2-4-17(5-3-16)18-6-8-19(26)9-7-18/h2-14H,15H2,1H3,(H,27,30)(H,28,32). The van der Waals surface area contributed by atoms with E-state index in [0.717, 1.165) is 21.6 Å². The third-order valence-corrected chi connectivity index (χ3v) is 5.29. The number of rotatable bonds is 6. The van der Waals surface area contributed by atoms with Gasteiger partial charge in [0.2, 0.25) is 5.91 Å². The zero-order valence-corrected chi connectivity index (χ0v) is 18.4. The Kier molecular flexibility index (Phi) is 6.42. The van der Waals surface area contributed by atoms with Crippen LogP contribution in [0.25, 0.3) is 17.2 Å². The van der Waals surface area contributed by atoms with Crippen LogP contribution in [0.2, 0.25) is 5.02 Å². The average molecular weight is 462 g/mol. The normalized spacial score (nSPS) is 14.4. The molecule has 8 heteroatoms. The lowest BCUT2D eigenvalue weighted by Crippen LogP contribution is -2.38. The number of hydrogen-bond acceptors (Lipinski definition) is 4. The number of nitrogens with zero attached hydrogens (tertiary/aromatic N) is 1. The van der Waals surface area contributed by atoms with Gasteiger partial charge in [0.05, 0.1) is 7.11 Å². The first-order valence-corrected chi connectivity index (χ1v) is 10.5. The minimum absolute atomic E-state index is 0.108. The largest absolute Gasteiger partial charge is 0.497 e. The number of carbonyl (C=O) groups excluding carboxylic acids is 3. The number of carbonyl (C=O) groups is 3. The van der Waals surface area contributed by atoms with Crippen molar-refractivity contribution in [2.24, 2.45) is 0 Å². The van der Waals surface area contributed by atoms with Gasteiger partial charge < -0.3 is 15.4 Å². The van der Waals surface area contributed by atoms with E-state index in [1.54, 1.807) is 37.5 Å². The lowest BCUT2D eigenvalue weighted by atomic mass is 10.0. The number of amides is 4. The maximum atomic E-state index is 12.7. The highest BCUT2D eigenvalue weighted by Gasteiger charge is 2.34. The number of methoxy groups -OCH3 is 1. The molecule has 4 rings (SSSR count). The number of hydrogen-bond donors (Lipinski definition) is 2. The van der Waals surface area contributed by atoms with Crippen molar-refractivity contribution >= 4 is 41.2 Å². The van der Waals surface area contributed by atoms with Crippen LogP contribution in [0.3, 0.4) is 0 Å². The summed E-state index contributed by atoms with van der Waals surface area (Å²) in [6.45, 7) is -0.399. The molecule has 166 valence electrons. The van der Waals surface area contributed by atoms with Gasteiger partial charge in [0.1, 0.15) is 18.0 Å². The first kappa shape index (κ1) is 22.1. The molecule has 1 heterocycles. The Hall–Kier alpha value is -4.10. The molecule has 1 aliphatic heterocycles. The average Bonchev–Trinajstić information content (AvgIpc) is 3.08. The molecule has 1 fully saturated rings.